The Morgan fingerprint density at radius 1 is 1.47 bits per heavy atom. The lowest BCUT2D eigenvalue weighted by atomic mass is 9.97. The second-order valence-electron chi connectivity index (χ2n) is 5.77. The Bertz CT molecular complexity index is 525. The average molecular weight is 262 g/mol. The second kappa shape index (κ2) is 4.64. The van der Waals surface area contributed by atoms with E-state index in [-0.39, 0.29) is 17.1 Å². The zero-order valence-electron chi connectivity index (χ0n) is 11.4. The number of carboxylic acid groups (broad SMARTS) is 1. The predicted molar refractivity (Wildman–Crippen MR) is 70.1 cm³/mol. The van der Waals surface area contributed by atoms with E-state index in [1.807, 2.05) is 18.7 Å². The van der Waals surface area contributed by atoms with Crippen LogP contribution in [0.4, 0.5) is 0 Å². The zero-order valence-corrected chi connectivity index (χ0v) is 11.4. The summed E-state index contributed by atoms with van der Waals surface area (Å²) in [5.74, 6) is -0.789. The van der Waals surface area contributed by atoms with Gasteiger partial charge in [0.2, 0.25) is 0 Å². The van der Waals surface area contributed by atoms with E-state index in [2.05, 4.69) is 11.9 Å². The van der Waals surface area contributed by atoms with E-state index in [0.29, 0.717) is 18.0 Å². The van der Waals surface area contributed by atoms with Crippen molar-refractivity contribution in [1.29, 1.82) is 0 Å². The van der Waals surface area contributed by atoms with Crippen LogP contribution in [0.3, 0.4) is 0 Å². The number of carbonyl (C=O) groups is 2. The first kappa shape index (κ1) is 13.5. The molecular weight excluding hydrogens is 244 g/mol. The molecule has 5 heteroatoms. The summed E-state index contributed by atoms with van der Waals surface area (Å²) in [4.78, 5) is 28.9. The minimum absolute atomic E-state index is 0.101. The van der Waals surface area contributed by atoms with Crippen LogP contribution in [0.25, 0.3) is 0 Å². The second-order valence-corrected chi connectivity index (χ2v) is 5.77. The lowest BCUT2D eigenvalue weighted by molar-refractivity contribution is 0.0650. The fraction of sp³-hybridized carbons (Fsp3) is 0.500. The Balaban J connectivity index is 2.30. The Hall–Kier alpha value is -1.91. The molecule has 0 radical (unpaired) electrons. The third-order valence-electron chi connectivity index (χ3n) is 3.54. The third kappa shape index (κ3) is 2.59. The first-order chi connectivity index (χ1) is 8.81. The lowest BCUT2D eigenvalue weighted by Crippen LogP contribution is -2.42. The van der Waals surface area contributed by atoms with Crippen molar-refractivity contribution in [3.05, 3.63) is 29.6 Å². The predicted octanol–water partition coefficient (Wildman–Crippen LogP) is 2.04. The number of hydrogen-bond acceptors (Lipinski definition) is 3. The van der Waals surface area contributed by atoms with Crippen LogP contribution in [0.2, 0.25) is 0 Å². The molecule has 1 unspecified atom stereocenters. The van der Waals surface area contributed by atoms with Crippen LogP contribution in [0.5, 0.6) is 0 Å². The molecule has 1 saturated heterocycles. The van der Waals surface area contributed by atoms with Crippen LogP contribution >= 0.6 is 0 Å². The first-order valence-corrected chi connectivity index (χ1v) is 6.32. The average Bonchev–Trinajstić information content (AvgIpc) is 2.61. The highest BCUT2D eigenvalue weighted by Gasteiger charge is 2.39. The molecule has 1 aromatic rings. The summed E-state index contributed by atoms with van der Waals surface area (Å²) in [5, 5.41) is 8.91. The zero-order chi connectivity index (χ0) is 14.2. The van der Waals surface area contributed by atoms with Crippen molar-refractivity contribution in [2.45, 2.75) is 32.7 Å². The van der Waals surface area contributed by atoms with Crippen LogP contribution in [-0.4, -0.2) is 39.0 Å². The number of nitrogens with zero attached hydrogens (tertiary/aromatic N) is 2. The van der Waals surface area contributed by atoms with Gasteiger partial charge in [0.25, 0.3) is 5.91 Å². The number of carbonyl (C=O) groups excluding carboxylic acids is 1. The number of hydrogen-bond donors (Lipinski definition) is 1. The molecule has 2 rings (SSSR count). The number of rotatable bonds is 2. The summed E-state index contributed by atoms with van der Waals surface area (Å²) in [5.41, 5.74) is 0.0915. The van der Waals surface area contributed by atoms with Crippen molar-refractivity contribution in [2.75, 3.05) is 6.54 Å². The Labute approximate surface area is 112 Å². The maximum absolute atomic E-state index is 12.5. The Morgan fingerprint density at radius 2 is 2.16 bits per heavy atom. The van der Waals surface area contributed by atoms with Gasteiger partial charge in [0.15, 0.2) is 0 Å². The molecule has 102 valence electrons. The van der Waals surface area contributed by atoms with E-state index in [1.54, 1.807) is 6.07 Å². The Kier molecular flexibility index (Phi) is 3.30. The molecule has 0 aliphatic carbocycles. The van der Waals surface area contributed by atoms with Gasteiger partial charge < -0.3 is 10.0 Å². The van der Waals surface area contributed by atoms with Gasteiger partial charge in [-0.3, -0.25) is 4.79 Å². The van der Waals surface area contributed by atoms with Crippen molar-refractivity contribution in [3.8, 4) is 0 Å². The van der Waals surface area contributed by atoms with Gasteiger partial charge in [0.1, 0.15) is 5.69 Å². The standard InChI is InChI=1S/C14H18N2O3/c1-9-7-14(2,3)16(8-9)12(17)10-4-5-15-11(6-10)13(18)19/h4-6,9H,7-8H2,1-3H3,(H,18,19). The highest BCUT2D eigenvalue weighted by Crippen LogP contribution is 2.33. The van der Waals surface area contributed by atoms with Crippen molar-refractivity contribution in [2.24, 2.45) is 5.92 Å². The molecule has 1 fully saturated rings. The largest absolute Gasteiger partial charge is 0.477 e. The molecule has 1 atom stereocenters. The number of carboxylic acids is 1. The highest BCUT2D eigenvalue weighted by atomic mass is 16.4. The molecule has 1 N–H and O–H groups in total. The van der Waals surface area contributed by atoms with Gasteiger partial charge in [-0.25, -0.2) is 9.78 Å². The van der Waals surface area contributed by atoms with Crippen molar-refractivity contribution < 1.29 is 14.7 Å². The number of aromatic nitrogens is 1. The summed E-state index contributed by atoms with van der Waals surface area (Å²) in [6, 6.07) is 2.90. The van der Waals surface area contributed by atoms with E-state index in [1.165, 1.54) is 12.3 Å². The summed E-state index contributed by atoms with van der Waals surface area (Å²) in [6.45, 7) is 6.89. The normalized spacial score (nSPS) is 21.4. The van der Waals surface area contributed by atoms with Gasteiger partial charge in [-0.2, -0.15) is 0 Å². The van der Waals surface area contributed by atoms with E-state index in [9.17, 15) is 9.59 Å². The smallest absolute Gasteiger partial charge is 0.354 e. The molecule has 1 amide bonds. The fourth-order valence-electron chi connectivity index (χ4n) is 2.78. The van der Waals surface area contributed by atoms with Crippen LogP contribution in [0.15, 0.2) is 18.3 Å². The van der Waals surface area contributed by atoms with Crippen LogP contribution in [0, 0.1) is 5.92 Å². The summed E-state index contributed by atoms with van der Waals surface area (Å²) >= 11 is 0. The first-order valence-electron chi connectivity index (χ1n) is 6.32. The van der Waals surface area contributed by atoms with Crippen molar-refractivity contribution >= 4 is 11.9 Å². The number of likely N-dealkylation sites (tertiary alicyclic amines) is 1. The molecule has 0 spiro atoms. The van der Waals surface area contributed by atoms with E-state index < -0.39 is 5.97 Å². The van der Waals surface area contributed by atoms with Gasteiger partial charge in [0, 0.05) is 23.8 Å². The number of pyridine rings is 1. The highest BCUT2D eigenvalue weighted by molar-refractivity contribution is 5.97. The van der Waals surface area contributed by atoms with Crippen molar-refractivity contribution in [1.82, 2.24) is 9.88 Å². The monoisotopic (exact) mass is 262 g/mol. The van der Waals surface area contributed by atoms with Gasteiger partial charge in [-0.1, -0.05) is 6.92 Å². The molecule has 5 nitrogen and oxygen atoms in total. The molecule has 19 heavy (non-hydrogen) atoms. The SMILES string of the molecule is CC1CN(C(=O)c2ccnc(C(=O)O)c2)C(C)(C)C1. The Morgan fingerprint density at radius 3 is 2.68 bits per heavy atom. The molecule has 0 saturated carbocycles. The third-order valence-corrected chi connectivity index (χ3v) is 3.54. The molecule has 0 aromatic carbocycles. The quantitative estimate of drug-likeness (QED) is 0.885. The maximum atomic E-state index is 12.5. The lowest BCUT2D eigenvalue weighted by Gasteiger charge is -2.31. The van der Waals surface area contributed by atoms with E-state index in [0.717, 1.165) is 6.42 Å². The topological polar surface area (TPSA) is 70.5 Å². The van der Waals surface area contributed by atoms with Crippen LogP contribution in [0.1, 0.15) is 48.0 Å². The molecule has 1 aliphatic rings. The van der Waals surface area contributed by atoms with E-state index in [4.69, 9.17) is 5.11 Å². The number of amides is 1. The van der Waals surface area contributed by atoms with Crippen LogP contribution in [-0.2, 0) is 0 Å². The molecule has 1 aromatic heterocycles. The van der Waals surface area contributed by atoms with Gasteiger partial charge in [-0.05, 0) is 38.3 Å². The van der Waals surface area contributed by atoms with Gasteiger partial charge in [0.05, 0.1) is 0 Å². The van der Waals surface area contributed by atoms with Crippen molar-refractivity contribution in [3.63, 3.8) is 0 Å². The summed E-state index contributed by atoms with van der Waals surface area (Å²) in [6.07, 6.45) is 2.32. The minimum Gasteiger partial charge on any atom is -0.477 e. The summed E-state index contributed by atoms with van der Waals surface area (Å²) < 4.78 is 0. The molecule has 2 heterocycles. The molecular formula is C14H18N2O3. The maximum Gasteiger partial charge on any atom is 0.354 e. The van der Waals surface area contributed by atoms with Crippen LogP contribution < -0.4 is 0 Å². The summed E-state index contributed by atoms with van der Waals surface area (Å²) in [7, 11) is 0. The minimum atomic E-state index is -1.12. The van der Waals surface area contributed by atoms with Gasteiger partial charge >= 0.3 is 5.97 Å². The van der Waals surface area contributed by atoms with Gasteiger partial charge in [-0.15, -0.1) is 0 Å². The van der Waals surface area contributed by atoms with E-state index >= 15 is 0 Å². The fourth-order valence-corrected chi connectivity index (χ4v) is 2.78. The molecule has 1 aliphatic heterocycles. The number of aromatic carboxylic acids is 1. The molecule has 0 bridgehead atoms.